The number of carbonyl (C=O) groups excluding carboxylic acids is 1. The highest BCUT2D eigenvalue weighted by molar-refractivity contribution is 6.36. The molecule has 1 aromatic heterocycles. The van der Waals surface area contributed by atoms with Crippen molar-refractivity contribution >= 4 is 46.3 Å². The lowest BCUT2D eigenvalue weighted by Gasteiger charge is -2.10. The van der Waals surface area contributed by atoms with Gasteiger partial charge in [0.25, 0.3) is 5.91 Å². The fourth-order valence-corrected chi connectivity index (χ4v) is 2.69. The first-order valence-electron chi connectivity index (χ1n) is 7.69. The van der Waals surface area contributed by atoms with Gasteiger partial charge in [-0.2, -0.15) is 0 Å². The van der Waals surface area contributed by atoms with E-state index < -0.39 is 0 Å². The molecule has 0 aliphatic rings. The maximum atomic E-state index is 12.3. The zero-order valence-corrected chi connectivity index (χ0v) is 15.3. The van der Waals surface area contributed by atoms with Gasteiger partial charge in [-0.3, -0.25) is 4.79 Å². The molecule has 2 aromatic carbocycles. The average molecular weight is 388 g/mol. The van der Waals surface area contributed by atoms with E-state index in [2.05, 4.69) is 15.6 Å². The van der Waals surface area contributed by atoms with Gasteiger partial charge in [-0.1, -0.05) is 29.3 Å². The average Bonchev–Trinajstić information content (AvgIpc) is 2.65. The third kappa shape index (κ3) is 4.45. The van der Waals surface area contributed by atoms with Gasteiger partial charge in [-0.05, 0) is 48.5 Å². The number of amides is 1. The lowest BCUT2D eigenvalue weighted by atomic mass is 10.2. The van der Waals surface area contributed by atoms with Crippen LogP contribution in [0.2, 0.25) is 10.0 Å². The molecule has 0 radical (unpaired) electrons. The van der Waals surface area contributed by atoms with Crippen LogP contribution < -0.4 is 15.4 Å². The first-order chi connectivity index (χ1) is 12.5. The fourth-order valence-electron chi connectivity index (χ4n) is 2.24. The summed E-state index contributed by atoms with van der Waals surface area (Å²) in [5, 5.41) is 6.94. The molecular weight excluding hydrogens is 373 g/mol. The summed E-state index contributed by atoms with van der Waals surface area (Å²) in [5.74, 6) is 0.968. The normalized spacial score (nSPS) is 10.3. The van der Waals surface area contributed by atoms with Crippen molar-refractivity contribution in [3.8, 4) is 5.75 Å². The second-order valence-corrected chi connectivity index (χ2v) is 6.21. The number of aromatic nitrogens is 1. The van der Waals surface area contributed by atoms with Crippen LogP contribution in [0, 0.1) is 0 Å². The van der Waals surface area contributed by atoms with Crippen molar-refractivity contribution in [2.45, 2.75) is 0 Å². The SMILES string of the molecule is COc1cccc(C(=O)Nc2ccc(Nc3ccc(Cl)cc3Cl)nc2)c1. The van der Waals surface area contributed by atoms with Crippen molar-refractivity contribution in [1.82, 2.24) is 4.98 Å². The topological polar surface area (TPSA) is 63.2 Å². The number of hydrogen-bond donors (Lipinski definition) is 2. The Morgan fingerprint density at radius 3 is 2.62 bits per heavy atom. The Morgan fingerprint density at radius 2 is 1.92 bits per heavy atom. The largest absolute Gasteiger partial charge is 0.497 e. The van der Waals surface area contributed by atoms with Crippen molar-refractivity contribution in [2.24, 2.45) is 0 Å². The number of benzene rings is 2. The summed E-state index contributed by atoms with van der Waals surface area (Å²) in [6, 6.07) is 15.6. The highest BCUT2D eigenvalue weighted by Gasteiger charge is 2.08. The van der Waals surface area contributed by atoms with E-state index in [-0.39, 0.29) is 5.91 Å². The molecule has 0 saturated carbocycles. The molecule has 0 fully saturated rings. The van der Waals surface area contributed by atoms with E-state index >= 15 is 0 Å². The summed E-state index contributed by atoms with van der Waals surface area (Å²) in [7, 11) is 1.56. The van der Waals surface area contributed by atoms with Crippen molar-refractivity contribution in [1.29, 1.82) is 0 Å². The number of nitrogens with zero attached hydrogens (tertiary/aromatic N) is 1. The molecule has 5 nitrogen and oxygen atoms in total. The highest BCUT2D eigenvalue weighted by atomic mass is 35.5. The van der Waals surface area contributed by atoms with Gasteiger partial charge >= 0.3 is 0 Å². The summed E-state index contributed by atoms with van der Waals surface area (Å²) < 4.78 is 5.12. The van der Waals surface area contributed by atoms with E-state index in [0.717, 1.165) is 0 Å². The van der Waals surface area contributed by atoms with E-state index in [1.54, 1.807) is 67.9 Å². The van der Waals surface area contributed by atoms with Gasteiger partial charge < -0.3 is 15.4 Å². The van der Waals surface area contributed by atoms with E-state index in [1.165, 1.54) is 0 Å². The third-order valence-corrected chi connectivity index (χ3v) is 4.09. The Kier molecular flexibility index (Phi) is 5.61. The third-order valence-electron chi connectivity index (χ3n) is 3.55. The van der Waals surface area contributed by atoms with Crippen LogP contribution in [0.5, 0.6) is 5.75 Å². The summed E-state index contributed by atoms with van der Waals surface area (Å²) >= 11 is 12.0. The Morgan fingerprint density at radius 1 is 1.08 bits per heavy atom. The summed E-state index contributed by atoms with van der Waals surface area (Å²) in [6.07, 6.45) is 1.56. The quantitative estimate of drug-likeness (QED) is 0.615. The molecule has 0 atom stereocenters. The molecule has 26 heavy (non-hydrogen) atoms. The highest BCUT2D eigenvalue weighted by Crippen LogP contribution is 2.27. The van der Waals surface area contributed by atoms with Gasteiger partial charge in [0, 0.05) is 10.6 Å². The molecule has 0 aliphatic heterocycles. The second kappa shape index (κ2) is 8.08. The molecule has 132 valence electrons. The van der Waals surface area contributed by atoms with Crippen LogP contribution in [0.1, 0.15) is 10.4 Å². The van der Waals surface area contributed by atoms with Crippen LogP contribution in [0.4, 0.5) is 17.2 Å². The van der Waals surface area contributed by atoms with Gasteiger partial charge in [0.15, 0.2) is 0 Å². The number of hydrogen-bond acceptors (Lipinski definition) is 4. The Hall–Kier alpha value is -2.76. The first kappa shape index (κ1) is 18.0. The minimum Gasteiger partial charge on any atom is -0.497 e. The maximum Gasteiger partial charge on any atom is 0.255 e. The molecule has 2 N–H and O–H groups in total. The number of rotatable bonds is 5. The molecule has 7 heteroatoms. The van der Waals surface area contributed by atoms with Crippen LogP contribution in [0.25, 0.3) is 0 Å². The molecule has 1 heterocycles. The van der Waals surface area contributed by atoms with Crippen LogP contribution in [-0.2, 0) is 0 Å². The van der Waals surface area contributed by atoms with Crippen LogP contribution in [0.15, 0.2) is 60.8 Å². The lowest BCUT2D eigenvalue weighted by Crippen LogP contribution is -2.12. The zero-order valence-electron chi connectivity index (χ0n) is 13.8. The number of ether oxygens (including phenoxy) is 1. The second-order valence-electron chi connectivity index (χ2n) is 5.37. The maximum absolute atomic E-state index is 12.3. The molecule has 0 aliphatic carbocycles. The lowest BCUT2D eigenvalue weighted by molar-refractivity contribution is 0.102. The molecule has 0 saturated heterocycles. The molecule has 0 unspecified atom stereocenters. The Bertz CT molecular complexity index is 930. The smallest absolute Gasteiger partial charge is 0.255 e. The van der Waals surface area contributed by atoms with E-state index in [1.807, 2.05) is 0 Å². The molecule has 1 amide bonds. The van der Waals surface area contributed by atoms with Gasteiger partial charge in [-0.25, -0.2) is 4.98 Å². The Labute approximate surface area is 160 Å². The van der Waals surface area contributed by atoms with Gasteiger partial charge in [0.05, 0.1) is 29.7 Å². The van der Waals surface area contributed by atoms with Crippen molar-refractivity contribution in [3.63, 3.8) is 0 Å². The number of anilines is 3. The molecule has 3 rings (SSSR count). The fraction of sp³-hybridized carbons (Fsp3) is 0.0526. The number of pyridine rings is 1. The van der Waals surface area contributed by atoms with Crippen molar-refractivity contribution in [3.05, 3.63) is 76.4 Å². The zero-order chi connectivity index (χ0) is 18.5. The standard InChI is InChI=1S/C19H15Cl2N3O2/c1-26-15-4-2-3-12(9-15)19(25)23-14-6-8-18(22-11-14)24-17-7-5-13(20)10-16(17)21/h2-11H,1H3,(H,22,24)(H,23,25). The van der Waals surface area contributed by atoms with Crippen LogP contribution in [0.3, 0.4) is 0 Å². The predicted octanol–water partition coefficient (Wildman–Crippen LogP) is 5.39. The molecular formula is C19H15Cl2N3O2. The molecule has 0 spiro atoms. The number of carbonyl (C=O) groups is 1. The summed E-state index contributed by atoms with van der Waals surface area (Å²) in [6.45, 7) is 0. The van der Waals surface area contributed by atoms with Crippen molar-refractivity contribution < 1.29 is 9.53 Å². The number of halogens is 2. The minimum atomic E-state index is -0.243. The van der Waals surface area contributed by atoms with E-state index in [0.29, 0.717) is 38.6 Å². The Balaban J connectivity index is 1.68. The van der Waals surface area contributed by atoms with Crippen LogP contribution in [-0.4, -0.2) is 18.0 Å². The molecule has 3 aromatic rings. The molecule has 0 bridgehead atoms. The van der Waals surface area contributed by atoms with Crippen molar-refractivity contribution in [2.75, 3.05) is 17.7 Å². The first-order valence-corrected chi connectivity index (χ1v) is 8.44. The summed E-state index contributed by atoms with van der Waals surface area (Å²) in [4.78, 5) is 16.6. The van der Waals surface area contributed by atoms with E-state index in [4.69, 9.17) is 27.9 Å². The van der Waals surface area contributed by atoms with Gasteiger partial charge in [0.2, 0.25) is 0 Å². The van der Waals surface area contributed by atoms with E-state index in [9.17, 15) is 4.79 Å². The minimum absolute atomic E-state index is 0.243. The predicted molar refractivity (Wildman–Crippen MR) is 105 cm³/mol. The summed E-state index contributed by atoms with van der Waals surface area (Å²) in [5.41, 5.74) is 1.77. The number of nitrogens with one attached hydrogen (secondary N) is 2. The van der Waals surface area contributed by atoms with Gasteiger partial charge in [0.1, 0.15) is 11.6 Å². The monoisotopic (exact) mass is 387 g/mol. The number of methoxy groups -OCH3 is 1. The van der Waals surface area contributed by atoms with Gasteiger partial charge in [-0.15, -0.1) is 0 Å². The van der Waals surface area contributed by atoms with Crippen LogP contribution >= 0.6 is 23.2 Å².